The molecule has 1 aromatic heterocycles. The van der Waals surface area contributed by atoms with E-state index in [9.17, 15) is 9.18 Å². The zero-order valence-corrected chi connectivity index (χ0v) is 20.2. The Morgan fingerprint density at radius 2 is 1.67 bits per heavy atom. The third-order valence-electron chi connectivity index (χ3n) is 7.51. The molecule has 3 nitrogen and oxygen atoms in total. The minimum Gasteiger partial charge on any atom is -0.295 e. The van der Waals surface area contributed by atoms with Gasteiger partial charge in [0.15, 0.2) is 5.78 Å². The van der Waals surface area contributed by atoms with Crippen molar-refractivity contribution < 1.29 is 9.18 Å². The van der Waals surface area contributed by atoms with Gasteiger partial charge in [-0.05, 0) is 89.1 Å². The summed E-state index contributed by atoms with van der Waals surface area (Å²) >= 11 is 0. The summed E-state index contributed by atoms with van der Waals surface area (Å²) in [4.78, 5) is 12.2. The Balaban J connectivity index is 1.45. The van der Waals surface area contributed by atoms with Gasteiger partial charge in [0.05, 0.1) is 10.9 Å². The van der Waals surface area contributed by atoms with Crippen molar-refractivity contribution in [1.29, 1.82) is 0 Å². The van der Waals surface area contributed by atoms with Crippen LogP contribution in [0.1, 0.15) is 60.8 Å². The Labute approximate surface area is 210 Å². The largest absolute Gasteiger partial charge is 0.295 e. The molecule has 4 heteroatoms. The van der Waals surface area contributed by atoms with Gasteiger partial charge < -0.3 is 0 Å². The number of allylic oxidation sites excluding steroid dienone is 2. The third-order valence-corrected chi connectivity index (χ3v) is 7.51. The fourth-order valence-electron chi connectivity index (χ4n) is 5.14. The number of H-pyrrole nitrogens is 1. The number of hydrogen-bond donors (Lipinski definition) is 1. The van der Waals surface area contributed by atoms with Crippen LogP contribution in [0.2, 0.25) is 0 Å². The summed E-state index contributed by atoms with van der Waals surface area (Å²) in [5.41, 5.74) is 7.35. The molecule has 2 aliphatic carbocycles. The van der Waals surface area contributed by atoms with E-state index in [0.29, 0.717) is 29.2 Å². The third kappa shape index (κ3) is 4.68. The summed E-state index contributed by atoms with van der Waals surface area (Å²) in [6.07, 6.45) is 10.2. The molecular weight excluding hydrogens is 447 g/mol. The lowest BCUT2D eigenvalue weighted by molar-refractivity contribution is -0.114. The number of aromatic nitrogens is 2. The van der Waals surface area contributed by atoms with Crippen LogP contribution in [0, 0.1) is 17.8 Å². The monoisotopic (exact) mass is 476 g/mol. The first kappa shape index (κ1) is 22.7. The van der Waals surface area contributed by atoms with Crippen LogP contribution in [0.25, 0.3) is 28.1 Å². The Morgan fingerprint density at radius 1 is 0.917 bits per heavy atom. The van der Waals surface area contributed by atoms with Gasteiger partial charge in [-0.25, -0.2) is 0 Å². The molecular formula is C32H29FN2O. The van der Waals surface area contributed by atoms with Gasteiger partial charge in [-0.3, -0.25) is 9.89 Å². The van der Waals surface area contributed by atoms with E-state index in [4.69, 9.17) is 0 Å². The van der Waals surface area contributed by atoms with Crippen LogP contribution in [0.5, 0.6) is 0 Å². The highest BCUT2D eigenvalue weighted by atomic mass is 19.1. The number of ketones is 1. The van der Waals surface area contributed by atoms with Crippen molar-refractivity contribution in [2.24, 2.45) is 11.8 Å². The van der Waals surface area contributed by atoms with Crippen LogP contribution in [0.4, 0.5) is 4.39 Å². The van der Waals surface area contributed by atoms with Crippen LogP contribution >= 0.6 is 0 Å². The zero-order valence-electron chi connectivity index (χ0n) is 20.2. The molecule has 3 aromatic carbocycles. The SMILES string of the molecule is O=C(/C=C/c1ccc(/C(=C(\c2ccccc2)C2CCC2)c2ccc3n[nH]c(F)c3c2)cc1)CC1CC1. The number of rotatable bonds is 8. The second kappa shape index (κ2) is 9.69. The topological polar surface area (TPSA) is 45.8 Å². The molecule has 0 saturated heterocycles. The number of benzene rings is 3. The van der Waals surface area contributed by atoms with Gasteiger partial charge in [0.1, 0.15) is 0 Å². The van der Waals surface area contributed by atoms with E-state index >= 15 is 0 Å². The molecule has 4 aromatic rings. The van der Waals surface area contributed by atoms with Crippen LogP contribution in [-0.2, 0) is 4.79 Å². The fraction of sp³-hybridized carbons (Fsp3) is 0.250. The van der Waals surface area contributed by atoms with Crippen molar-refractivity contribution in [3.05, 3.63) is 107 Å². The molecule has 0 aliphatic heterocycles. The quantitative estimate of drug-likeness (QED) is 0.208. The van der Waals surface area contributed by atoms with Gasteiger partial charge in [0.25, 0.3) is 0 Å². The Morgan fingerprint density at radius 3 is 2.36 bits per heavy atom. The second-order valence-corrected chi connectivity index (χ2v) is 10.1. The normalized spacial score (nSPS) is 16.8. The number of nitrogens with one attached hydrogen (secondary N) is 1. The number of hydrogen-bond acceptors (Lipinski definition) is 2. The summed E-state index contributed by atoms with van der Waals surface area (Å²) in [5, 5.41) is 7.04. The number of aromatic amines is 1. The predicted octanol–water partition coefficient (Wildman–Crippen LogP) is 7.84. The summed E-state index contributed by atoms with van der Waals surface area (Å²) in [5.74, 6) is 0.853. The highest BCUT2D eigenvalue weighted by Crippen LogP contribution is 2.45. The van der Waals surface area contributed by atoms with Gasteiger partial charge in [0, 0.05) is 6.42 Å². The average molecular weight is 477 g/mol. The highest BCUT2D eigenvalue weighted by molar-refractivity contribution is 6.01. The Hall–Kier alpha value is -3.79. The van der Waals surface area contributed by atoms with Gasteiger partial charge >= 0.3 is 0 Å². The fourth-order valence-corrected chi connectivity index (χ4v) is 5.14. The molecule has 0 spiro atoms. The Kier molecular flexibility index (Phi) is 6.10. The number of nitrogens with zero attached hydrogens (tertiary/aromatic N) is 1. The van der Waals surface area contributed by atoms with Crippen molar-refractivity contribution in [2.75, 3.05) is 0 Å². The van der Waals surface area contributed by atoms with Crippen molar-refractivity contribution in [2.45, 2.75) is 38.5 Å². The van der Waals surface area contributed by atoms with Crippen LogP contribution < -0.4 is 0 Å². The first-order valence-corrected chi connectivity index (χ1v) is 12.9. The lowest BCUT2D eigenvalue weighted by atomic mass is 9.73. The second-order valence-electron chi connectivity index (χ2n) is 10.1. The maximum Gasteiger partial charge on any atom is 0.216 e. The number of carbonyl (C=O) groups excluding carboxylic acids is 1. The molecule has 0 bridgehead atoms. The minimum absolute atomic E-state index is 0.203. The number of carbonyl (C=O) groups is 1. The van der Waals surface area contributed by atoms with Gasteiger partial charge in [-0.1, -0.05) is 73.2 Å². The zero-order chi connectivity index (χ0) is 24.5. The highest BCUT2D eigenvalue weighted by Gasteiger charge is 2.27. The maximum absolute atomic E-state index is 14.5. The molecule has 2 fully saturated rings. The number of fused-ring (bicyclic) bond motifs is 1. The summed E-state index contributed by atoms with van der Waals surface area (Å²) < 4.78 is 14.5. The lowest BCUT2D eigenvalue weighted by Crippen LogP contribution is -2.15. The number of halogens is 1. The molecule has 36 heavy (non-hydrogen) atoms. The summed E-state index contributed by atoms with van der Waals surface area (Å²) in [7, 11) is 0. The van der Waals surface area contributed by atoms with Crippen LogP contribution in [0.15, 0.2) is 78.9 Å². The van der Waals surface area contributed by atoms with E-state index in [-0.39, 0.29) is 5.78 Å². The molecule has 0 radical (unpaired) electrons. The minimum atomic E-state index is -0.410. The van der Waals surface area contributed by atoms with E-state index in [1.165, 1.54) is 30.4 Å². The standard InChI is InChI=1S/C32H29FN2O/c33-32-28-20-26(16-18-29(28)34-35-32)31(30(24-7-4-8-24)23-5-2-1-3-6-23)25-14-11-21(12-15-25)13-17-27(36)19-22-9-10-22/h1-3,5-6,11-18,20,22,24H,4,7-10,19H2,(H,34,35)/b17-13+,31-30-. The molecule has 1 N–H and O–H groups in total. The Bertz CT molecular complexity index is 1460. The van der Waals surface area contributed by atoms with Crippen molar-refractivity contribution >= 4 is 33.9 Å². The van der Waals surface area contributed by atoms with E-state index in [0.717, 1.165) is 35.1 Å². The first-order valence-electron chi connectivity index (χ1n) is 12.9. The molecule has 1 heterocycles. The average Bonchev–Trinajstić information content (AvgIpc) is 3.62. The first-order chi connectivity index (χ1) is 17.7. The summed E-state index contributed by atoms with van der Waals surface area (Å²) in [6.45, 7) is 0. The van der Waals surface area contributed by atoms with Crippen molar-refractivity contribution in [3.63, 3.8) is 0 Å². The molecule has 0 unspecified atom stereocenters. The van der Waals surface area contributed by atoms with Crippen LogP contribution in [-0.4, -0.2) is 16.0 Å². The molecule has 6 rings (SSSR count). The van der Waals surface area contributed by atoms with Gasteiger partial charge in [-0.2, -0.15) is 9.49 Å². The molecule has 0 atom stereocenters. The lowest BCUT2D eigenvalue weighted by Gasteiger charge is -2.31. The summed E-state index contributed by atoms with van der Waals surface area (Å²) in [6, 6.07) is 24.8. The maximum atomic E-state index is 14.5. The molecule has 2 aliphatic rings. The van der Waals surface area contributed by atoms with Crippen LogP contribution in [0.3, 0.4) is 0 Å². The van der Waals surface area contributed by atoms with E-state index in [1.54, 1.807) is 6.08 Å². The molecule has 0 amide bonds. The van der Waals surface area contributed by atoms with Crippen molar-refractivity contribution in [3.8, 4) is 0 Å². The molecule has 2 saturated carbocycles. The van der Waals surface area contributed by atoms with E-state index < -0.39 is 5.95 Å². The van der Waals surface area contributed by atoms with E-state index in [2.05, 4.69) is 58.7 Å². The van der Waals surface area contributed by atoms with Crippen molar-refractivity contribution in [1.82, 2.24) is 10.2 Å². The van der Waals surface area contributed by atoms with Gasteiger partial charge in [0.2, 0.25) is 5.95 Å². The molecule has 180 valence electrons. The predicted molar refractivity (Wildman–Crippen MR) is 144 cm³/mol. The smallest absolute Gasteiger partial charge is 0.216 e. The van der Waals surface area contributed by atoms with E-state index in [1.807, 2.05) is 30.3 Å². The van der Waals surface area contributed by atoms with Gasteiger partial charge in [-0.15, -0.1) is 0 Å².